The second-order valence-electron chi connectivity index (χ2n) is 2.37. The molecule has 0 bridgehead atoms. The van der Waals surface area contributed by atoms with Gasteiger partial charge in [0.05, 0.1) is 0 Å². The predicted octanol–water partition coefficient (Wildman–Crippen LogP) is 2.45. The topological polar surface area (TPSA) is 12.9 Å². The molecule has 0 aliphatic rings. The SMILES string of the molecule is CC(C)c1c[c-]ncc1.[CH3-].[W+2]. The van der Waals surface area contributed by atoms with Gasteiger partial charge in [-0.2, -0.15) is 17.7 Å². The molecule has 1 aromatic heterocycles. The molecule has 0 atom stereocenters. The summed E-state index contributed by atoms with van der Waals surface area (Å²) in [6.45, 7) is 4.31. The normalized spacial score (nSPS) is 8.27. The van der Waals surface area contributed by atoms with Crippen LogP contribution in [0.3, 0.4) is 0 Å². The van der Waals surface area contributed by atoms with E-state index in [0.29, 0.717) is 5.92 Å². The van der Waals surface area contributed by atoms with E-state index in [4.69, 9.17) is 0 Å². The number of hydrogen-bond acceptors (Lipinski definition) is 1. The minimum Gasteiger partial charge on any atom is -0.394 e. The molecular weight excluding hydrogens is 306 g/mol. The van der Waals surface area contributed by atoms with Gasteiger partial charge >= 0.3 is 21.1 Å². The minimum atomic E-state index is 0. The Balaban J connectivity index is 0. The number of rotatable bonds is 1. The first kappa shape index (κ1) is 13.4. The summed E-state index contributed by atoms with van der Waals surface area (Å²) in [6.07, 6.45) is 4.57. The van der Waals surface area contributed by atoms with Gasteiger partial charge in [-0.05, 0) is 0 Å². The number of aromatic nitrogens is 1. The van der Waals surface area contributed by atoms with Crippen molar-refractivity contribution < 1.29 is 21.1 Å². The van der Waals surface area contributed by atoms with Crippen molar-refractivity contribution in [1.82, 2.24) is 4.98 Å². The number of hydrogen-bond donors (Lipinski definition) is 0. The second kappa shape index (κ2) is 6.54. The van der Waals surface area contributed by atoms with Crippen molar-refractivity contribution in [2.45, 2.75) is 19.8 Å². The summed E-state index contributed by atoms with van der Waals surface area (Å²) in [7, 11) is 0. The number of nitrogens with zero attached hydrogens (tertiary/aromatic N) is 1. The molecule has 1 heterocycles. The molecule has 0 amide bonds. The number of pyridine rings is 1. The van der Waals surface area contributed by atoms with Crippen LogP contribution in [0.15, 0.2) is 18.3 Å². The summed E-state index contributed by atoms with van der Waals surface area (Å²) >= 11 is 0. The minimum absolute atomic E-state index is 0. The molecule has 11 heavy (non-hydrogen) atoms. The van der Waals surface area contributed by atoms with Crippen LogP contribution < -0.4 is 0 Å². The van der Waals surface area contributed by atoms with Crippen molar-refractivity contribution in [3.05, 3.63) is 37.5 Å². The van der Waals surface area contributed by atoms with Crippen LogP contribution in [0.4, 0.5) is 0 Å². The van der Waals surface area contributed by atoms with Crippen LogP contribution in [0.5, 0.6) is 0 Å². The Morgan fingerprint density at radius 3 is 2.36 bits per heavy atom. The Kier molecular flexibility index (Phi) is 7.99. The first-order valence-electron chi connectivity index (χ1n) is 3.12. The van der Waals surface area contributed by atoms with Gasteiger partial charge in [-0.25, -0.2) is 0 Å². The summed E-state index contributed by atoms with van der Waals surface area (Å²) in [5.74, 6) is 0.587. The van der Waals surface area contributed by atoms with E-state index < -0.39 is 0 Å². The van der Waals surface area contributed by atoms with E-state index in [1.807, 2.05) is 12.1 Å². The van der Waals surface area contributed by atoms with Gasteiger partial charge in [0, 0.05) is 0 Å². The Labute approximate surface area is 83.5 Å². The van der Waals surface area contributed by atoms with Crippen LogP contribution in [0.1, 0.15) is 25.3 Å². The third-order valence-corrected chi connectivity index (χ3v) is 1.31. The van der Waals surface area contributed by atoms with Crippen molar-refractivity contribution in [2.75, 3.05) is 0 Å². The van der Waals surface area contributed by atoms with Crippen LogP contribution in [0.25, 0.3) is 0 Å². The average Bonchev–Trinajstić information content (AvgIpc) is 1.90. The predicted molar refractivity (Wildman–Crippen MR) is 43.6 cm³/mol. The fraction of sp³-hybridized carbons (Fsp3) is 0.333. The van der Waals surface area contributed by atoms with E-state index in [2.05, 4.69) is 25.0 Å². The van der Waals surface area contributed by atoms with Gasteiger partial charge in [0.25, 0.3) is 0 Å². The average molecular weight is 319 g/mol. The molecule has 2 heteroatoms. The van der Waals surface area contributed by atoms with Gasteiger partial charge in [0.15, 0.2) is 0 Å². The van der Waals surface area contributed by atoms with E-state index in [1.54, 1.807) is 6.20 Å². The summed E-state index contributed by atoms with van der Waals surface area (Å²) < 4.78 is 0. The largest absolute Gasteiger partial charge is 2.00 e. The molecule has 0 spiro atoms. The van der Waals surface area contributed by atoms with E-state index >= 15 is 0 Å². The Hall–Kier alpha value is -0.162. The fourth-order valence-corrected chi connectivity index (χ4v) is 0.685. The molecule has 0 unspecified atom stereocenters. The van der Waals surface area contributed by atoms with Gasteiger partial charge in [0.2, 0.25) is 0 Å². The Morgan fingerprint density at radius 2 is 2.09 bits per heavy atom. The zero-order valence-electron chi connectivity index (χ0n) is 7.16. The summed E-state index contributed by atoms with van der Waals surface area (Å²) in [6, 6.07) is 3.94. The molecule has 1 aromatic rings. The van der Waals surface area contributed by atoms with Crippen molar-refractivity contribution in [3.63, 3.8) is 0 Å². The molecule has 1 rings (SSSR count). The second-order valence-corrected chi connectivity index (χ2v) is 2.37. The van der Waals surface area contributed by atoms with Gasteiger partial charge in [0.1, 0.15) is 0 Å². The summed E-state index contributed by atoms with van der Waals surface area (Å²) in [5, 5.41) is 0. The molecule has 0 radical (unpaired) electrons. The molecule has 0 aliphatic carbocycles. The fourth-order valence-electron chi connectivity index (χ4n) is 0.685. The first-order valence-corrected chi connectivity index (χ1v) is 3.12. The third-order valence-electron chi connectivity index (χ3n) is 1.31. The maximum Gasteiger partial charge on any atom is 2.00 e. The smallest absolute Gasteiger partial charge is 0.394 e. The zero-order valence-corrected chi connectivity index (χ0v) is 10.1. The Morgan fingerprint density at radius 1 is 1.45 bits per heavy atom. The monoisotopic (exact) mass is 319 g/mol. The quantitative estimate of drug-likeness (QED) is 0.725. The summed E-state index contributed by atoms with van der Waals surface area (Å²) in [5.41, 5.74) is 1.30. The van der Waals surface area contributed by atoms with Crippen molar-refractivity contribution in [2.24, 2.45) is 0 Å². The van der Waals surface area contributed by atoms with E-state index in [1.165, 1.54) is 5.56 Å². The third kappa shape index (κ3) is 4.31. The van der Waals surface area contributed by atoms with E-state index in [9.17, 15) is 0 Å². The van der Waals surface area contributed by atoms with E-state index in [-0.39, 0.29) is 28.5 Å². The zero-order chi connectivity index (χ0) is 6.69. The van der Waals surface area contributed by atoms with Crippen LogP contribution in [0, 0.1) is 13.6 Å². The molecule has 0 saturated carbocycles. The standard InChI is InChI=1S/C8H10N.CH3.W/c1-7(2)8-3-5-9-6-4-8;;/h3-5,7H,1-2H3;1H3;/q2*-1;+2. The molecule has 0 N–H and O–H groups in total. The van der Waals surface area contributed by atoms with Crippen molar-refractivity contribution in [3.8, 4) is 0 Å². The van der Waals surface area contributed by atoms with Gasteiger partial charge < -0.3 is 12.4 Å². The van der Waals surface area contributed by atoms with Crippen LogP contribution in [-0.4, -0.2) is 4.98 Å². The van der Waals surface area contributed by atoms with Gasteiger partial charge in [-0.3, -0.25) is 0 Å². The molecule has 1 nitrogen and oxygen atoms in total. The molecule has 60 valence electrons. The van der Waals surface area contributed by atoms with Crippen LogP contribution >= 0.6 is 0 Å². The van der Waals surface area contributed by atoms with Crippen molar-refractivity contribution >= 4 is 0 Å². The van der Waals surface area contributed by atoms with Crippen molar-refractivity contribution in [1.29, 1.82) is 0 Å². The first-order chi connectivity index (χ1) is 4.30. The Bertz CT molecular complexity index is 172. The maximum absolute atomic E-state index is 3.80. The van der Waals surface area contributed by atoms with Gasteiger partial charge in [-0.1, -0.05) is 32.2 Å². The molecule has 0 fully saturated rings. The van der Waals surface area contributed by atoms with E-state index in [0.717, 1.165) is 0 Å². The summed E-state index contributed by atoms with van der Waals surface area (Å²) in [4.78, 5) is 3.80. The molecule has 0 aliphatic heterocycles. The van der Waals surface area contributed by atoms with Crippen LogP contribution in [-0.2, 0) is 21.1 Å². The van der Waals surface area contributed by atoms with Crippen LogP contribution in [0.2, 0.25) is 0 Å². The molecular formula is C9H13NW. The molecule has 0 saturated heterocycles. The molecule has 0 aromatic carbocycles. The maximum atomic E-state index is 3.80. The van der Waals surface area contributed by atoms with Gasteiger partial charge in [-0.15, -0.1) is 0 Å².